The molecule has 1 aromatic carbocycles. The Kier molecular flexibility index (Phi) is 3.09. The van der Waals surface area contributed by atoms with E-state index in [-0.39, 0.29) is 12.2 Å². The number of aromatic hydroxyl groups is 1. The van der Waals surface area contributed by atoms with E-state index in [0.29, 0.717) is 5.56 Å². The van der Waals surface area contributed by atoms with E-state index >= 15 is 0 Å². The van der Waals surface area contributed by atoms with E-state index in [0.717, 1.165) is 5.56 Å². The van der Waals surface area contributed by atoms with Gasteiger partial charge in [-0.3, -0.25) is 4.79 Å². The van der Waals surface area contributed by atoms with Crippen molar-refractivity contribution in [2.45, 2.75) is 19.4 Å². The van der Waals surface area contributed by atoms with Gasteiger partial charge in [-0.15, -0.1) is 0 Å². The van der Waals surface area contributed by atoms with Crippen LogP contribution in [0, 0.1) is 6.92 Å². The quantitative estimate of drug-likeness (QED) is 0.676. The lowest BCUT2D eigenvalue weighted by atomic mass is 10.0. The molecule has 76 valence electrons. The molecule has 0 unspecified atom stereocenters. The summed E-state index contributed by atoms with van der Waals surface area (Å²) in [7, 11) is 0. The number of phenolic OH excluding ortho intramolecular Hbond substituents is 1. The Labute approximate surface area is 82.0 Å². The van der Waals surface area contributed by atoms with Gasteiger partial charge in [-0.05, 0) is 24.1 Å². The van der Waals surface area contributed by atoms with E-state index in [2.05, 4.69) is 0 Å². The van der Waals surface area contributed by atoms with Gasteiger partial charge in [0, 0.05) is 6.04 Å². The maximum Gasteiger partial charge on any atom is 0.305 e. The summed E-state index contributed by atoms with van der Waals surface area (Å²) in [5.74, 6) is -0.805. The van der Waals surface area contributed by atoms with Gasteiger partial charge in [0.1, 0.15) is 5.75 Å². The Balaban J connectivity index is 2.85. The maximum absolute atomic E-state index is 10.4. The van der Waals surface area contributed by atoms with Gasteiger partial charge in [-0.25, -0.2) is 0 Å². The van der Waals surface area contributed by atoms with Crippen LogP contribution < -0.4 is 5.73 Å². The molecule has 1 rings (SSSR count). The number of carboxylic acid groups (broad SMARTS) is 1. The highest BCUT2D eigenvalue weighted by molar-refractivity contribution is 5.68. The molecule has 0 aliphatic rings. The fourth-order valence-electron chi connectivity index (χ4n) is 1.16. The van der Waals surface area contributed by atoms with E-state index < -0.39 is 12.0 Å². The van der Waals surface area contributed by atoms with Crippen molar-refractivity contribution in [1.82, 2.24) is 0 Å². The van der Waals surface area contributed by atoms with Gasteiger partial charge in [0.15, 0.2) is 0 Å². The summed E-state index contributed by atoms with van der Waals surface area (Å²) in [6.07, 6.45) is -0.136. The molecule has 4 N–H and O–H groups in total. The minimum atomic E-state index is -0.947. The number of aliphatic carboxylic acids is 1. The molecule has 14 heavy (non-hydrogen) atoms. The first-order valence-corrected chi connectivity index (χ1v) is 4.27. The fourth-order valence-corrected chi connectivity index (χ4v) is 1.16. The van der Waals surface area contributed by atoms with Crippen LogP contribution in [-0.2, 0) is 4.79 Å². The molecular weight excluding hydrogens is 182 g/mol. The zero-order valence-electron chi connectivity index (χ0n) is 7.90. The minimum Gasteiger partial charge on any atom is -0.508 e. The molecule has 0 bridgehead atoms. The minimum absolute atomic E-state index is 0.136. The third kappa shape index (κ3) is 2.47. The molecule has 0 aliphatic heterocycles. The summed E-state index contributed by atoms with van der Waals surface area (Å²) in [4.78, 5) is 10.4. The molecular formula is C10H13NO3. The van der Waals surface area contributed by atoms with Crippen LogP contribution >= 0.6 is 0 Å². The Bertz CT molecular complexity index is 349. The molecule has 1 atom stereocenters. The Morgan fingerprint density at radius 1 is 1.57 bits per heavy atom. The van der Waals surface area contributed by atoms with Crippen LogP contribution in [0.25, 0.3) is 0 Å². The molecule has 0 saturated carbocycles. The second-order valence-corrected chi connectivity index (χ2v) is 3.25. The van der Waals surface area contributed by atoms with Gasteiger partial charge in [0.2, 0.25) is 0 Å². The number of hydrogen-bond acceptors (Lipinski definition) is 3. The summed E-state index contributed by atoms with van der Waals surface area (Å²) in [6.45, 7) is 1.77. The Hall–Kier alpha value is -1.55. The SMILES string of the molecule is Cc1ccc([C@H](N)CC(=O)O)cc1O. The second kappa shape index (κ2) is 4.11. The highest BCUT2D eigenvalue weighted by Crippen LogP contribution is 2.22. The van der Waals surface area contributed by atoms with Crippen molar-refractivity contribution in [2.24, 2.45) is 5.73 Å². The lowest BCUT2D eigenvalue weighted by Gasteiger charge is -2.10. The lowest BCUT2D eigenvalue weighted by Crippen LogP contribution is -2.14. The molecule has 0 amide bonds. The van der Waals surface area contributed by atoms with Crippen molar-refractivity contribution in [1.29, 1.82) is 0 Å². The van der Waals surface area contributed by atoms with Gasteiger partial charge in [-0.2, -0.15) is 0 Å². The summed E-state index contributed by atoms with van der Waals surface area (Å²) in [6, 6.07) is 4.37. The molecule has 4 nitrogen and oxygen atoms in total. The first kappa shape index (κ1) is 10.5. The summed E-state index contributed by atoms with van der Waals surface area (Å²) in [5.41, 5.74) is 7.00. The van der Waals surface area contributed by atoms with Gasteiger partial charge in [-0.1, -0.05) is 12.1 Å². The predicted molar refractivity (Wildman–Crippen MR) is 52.0 cm³/mol. The molecule has 0 saturated heterocycles. The molecule has 4 heteroatoms. The molecule has 0 aromatic heterocycles. The van der Waals surface area contributed by atoms with Gasteiger partial charge in [0.25, 0.3) is 0 Å². The molecule has 0 spiro atoms. The normalized spacial score (nSPS) is 12.4. The van der Waals surface area contributed by atoms with E-state index in [1.165, 1.54) is 6.07 Å². The lowest BCUT2D eigenvalue weighted by molar-refractivity contribution is -0.137. The van der Waals surface area contributed by atoms with Crippen molar-refractivity contribution >= 4 is 5.97 Å². The summed E-state index contributed by atoms with van der Waals surface area (Å²) >= 11 is 0. The zero-order chi connectivity index (χ0) is 10.7. The number of phenols is 1. The topological polar surface area (TPSA) is 83.6 Å². The van der Waals surface area contributed by atoms with Crippen LogP contribution in [0.3, 0.4) is 0 Å². The maximum atomic E-state index is 10.4. The number of carboxylic acids is 1. The highest BCUT2D eigenvalue weighted by Gasteiger charge is 2.11. The average Bonchev–Trinajstić information content (AvgIpc) is 2.08. The number of carbonyl (C=O) groups is 1. The van der Waals surface area contributed by atoms with Gasteiger partial charge in [0.05, 0.1) is 6.42 Å². The highest BCUT2D eigenvalue weighted by atomic mass is 16.4. The van der Waals surface area contributed by atoms with Gasteiger partial charge < -0.3 is 15.9 Å². The van der Waals surface area contributed by atoms with E-state index in [9.17, 15) is 9.90 Å². The van der Waals surface area contributed by atoms with Crippen molar-refractivity contribution < 1.29 is 15.0 Å². The van der Waals surface area contributed by atoms with Crippen molar-refractivity contribution in [3.8, 4) is 5.75 Å². The van der Waals surface area contributed by atoms with Crippen LogP contribution in [0.15, 0.2) is 18.2 Å². The Morgan fingerprint density at radius 2 is 2.21 bits per heavy atom. The molecule has 0 radical (unpaired) electrons. The van der Waals surface area contributed by atoms with Crippen LogP contribution in [0.2, 0.25) is 0 Å². The number of nitrogens with two attached hydrogens (primary N) is 1. The molecule has 0 heterocycles. The standard InChI is InChI=1S/C10H13NO3/c1-6-2-3-7(4-9(6)12)8(11)5-10(13)14/h2-4,8,12H,5,11H2,1H3,(H,13,14)/t8-/m1/s1. The van der Waals surface area contributed by atoms with Crippen LogP contribution in [-0.4, -0.2) is 16.2 Å². The van der Waals surface area contributed by atoms with Crippen molar-refractivity contribution in [2.75, 3.05) is 0 Å². The third-order valence-electron chi connectivity index (χ3n) is 2.06. The van der Waals surface area contributed by atoms with E-state index in [1.807, 2.05) is 0 Å². The van der Waals surface area contributed by atoms with Crippen molar-refractivity contribution in [3.05, 3.63) is 29.3 Å². The number of rotatable bonds is 3. The number of hydrogen-bond donors (Lipinski definition) is 3. The summed E-state index contributed by atoms with van der Waals surface area (Å²) < 4.78 is 0. The molecule has 0 aliphatic carbocycles. The molecule has 1 aromatic rings. The van der Waals surface area contributed by atoms with Gasteiger partial charge >= 0.3 is 5.97 Å². The van der Waals surface area contributed by atoms with Crippen LogP contribution in [0.5, 0.6) is 5.75 Å². The Morgan fingerprint density at radius 3 is 2.71 bits per heavy atom. The summed E-state index contributed by atoms with van der Waals surface area (Å²) in [5, 5.41) is 17.9. The van der Waals surface area contributed by atoms with Crippen LogP contribution in [0.1, 0.15) is 23.6 Å². The van der Waals surface area contributed by atoms with Crippen LogP contribution in [0.4, 0.5) is 0 Å². The number of aryl methyl sites for hydroxylation is 1. The third-order valence-corrected chi connectivity index (χ3v) is 2.06. The van der Waals surface area contributed by atoms with E-state index in [4.69, 9.17) is 10.8 Å². The predicted octanol–water partition coefficient (Wildman–Crippen LogP) is 1.18. The van der Waals surface area contributed by atoms with Crippen molar-refractivity contribution in [3.63, 3.8) is 0 Å². The average molecular weight is 195 g/mol. The number of benzene rings is 1. The first-order chi connectivity index (χ1) is 6.50. The fraction of sp³-hybridized carbons (Fsp3) is 0.300. The molecule has 0 fully saturated rings. The smallest absolute Gasteiger partial charge is 0.305 e. The first-order valence-electron chi connectivity index (χ1n) is 4.27. The largest absolute Gasteiger partial charge is 0.508 e. The second-order valence-electron chi connectivity index (χ2n) is 3.25. The zero-order valence-corrected chi connectivity index (χ0v) is 7.90. The van der Waals surface area contributed by atoms with E-state index in [1.54, 1.807) is 19.1 Å². The monoisotopic (exact) mass is 195 g/mol.